The summed E-state index contributed by atoms with van der Waals surface area (Å²) in [5.41, 5.74) is 1.72. The van der Waals surface area contributed by atoms with Crippen LogP contribution in [0.25, 0.3) is 0 Å². The van der Waals surface area contributed by atoms with Crippen LogP contribution in [0, 0.1) is 0 Å². The standard InChI is InChI=1S/C15H23N3O3/c1-18(2)13-7-5-12(6-8-13)17-15(20)11-14(19)16-9-4-10-21-3/h5-8H,4,9-11H2,1-3H3,(H,16,19)(H,17,20). The highest BCUT2D eigenvalue weighted by Gasteiger charge is 2.09. The van der Waals surface area contributed by atoms with Crippen LogP contribution in [0.1, 0.15) is 12.8 Å². The summed E-state index contributed by atoms with van der Waals surface area (Å²) in [7, 11) is 5.50. The minimum atomic E-state index is -0.322. The van der Waals surface area contributed by atoms with Gasteiger partial charge < -0.3 is 20.3 Å². The van der Waals surface area contributed by atoms with E-state index in [0.717, 1.165) is 12.1 Å². The molecule has 6 nitrogen and oxygen atoms in total. The van der Waals surface area contributed by atoms with Crippen molar-refractivity contribution in [3.05, 3.63) is 24.3 Å². The van der Waals surface area contributed by atoms with Crippen LogP contribution in [0.2, 0.25) is 0 Å². The van der Waals surface area contributed by atoms with Crippen LogP contribution in [0.4, 0.5) is 11.4 Å². The van der Waals surface area contributed by atoms with Crippen LogP contribution >= 0.6 is 0 Å². The van der Waals surface area contributed by atoms with Crippen LogP contribution in [0.5, 0.6) is 0 Å². The van der Waals surface area contributed by atoms with Gasteiger partial charge in [0.2, 0.25) is 11.8 Å². The first-order valence-corrected chi connectivity index (χ1v) is 6.86. The highest BCUT2D eigenvalue weighted by atomic mass is 16.5. The van der Waals surface area contributed by atoms with Crippen LogP contribution < -0.4 is 15.5 Å². The van der Waals surface area contributed by atoms with Crippen LogP contribution in [0.15, 0.2) is 24.3 Å². The Morgan fingerprint density at radius 2 is 1.81 bits per heavy atom. The normalized spacial score (nSPS) is 10.0. The van der Waals surface area contributed by atoms with E-state index in [4.69, 9.17) is 4.74 Å². The number of hydrogen-bond acceptors (Lipinski definition) is 4. The summed E-state index contributed by atoms with van der Waals surface area (Å²) < 4.78 is 4.88. The van der Waals surface area contributed by atoms with E-state index in [1.165, 1.54) is 0 Å². The summed E-state index contributed by atoms with van der Waals surface area (Å²) in [5.74, 6) is -0.606. The highest BCUT2D eigenvalue weighted by molar-refractivity contribution is 6.03. The van der Waals surface area contributed by atoms with Crippen molar-refractivity contribution < 1.29 is 14.3 Å². The lowest BCUT2D eigenvalue weighted by atomic mass is 10.2. The van der Waals surface area contributed by atoms with Gasteiger partial charge in [-0.15, -0.1) is 0 Å². The van der Waals surface area contributed by atoms with Crippen molar-refractivity contribution in [3.63, 3.8) is 0 Å². The van der Waals surface area contributed by atoms with Gasteiger partial charge in [-0.05, 0) is 30.7 Å². The molecule has 6 heteroatoms. The van der Waals surface area contributed by atoms with E-state index in [1.54, 1.807) is 7.11 Å². The molecule has 1 aromatic carbocycles. The number of carbonyl (C=O) groups is 2. The van der Waals surface area contributed by atoms with Crippen LogP contribution in [0.3, 0.4) is 0 Å². The summed E-state index contributed by atoms with van der Waals surface area (Å²) in [6.07, 6.45) is 0.554. The van der Waals surface area contributed by atoms with E-state index in [2.05, 4.69) is 10.6 Å². The molecule has 1 rings (SSSR count). The Hall–Kier alpha value is -2.08. The maximum atomic E-state index is 11.7. The van der Waals surface area contributed by atoms with Crippen molar-refractivity contribution in [3.8, 4) is 0 Å². The van der Waals surface area contributed by atoms with Crippen LogP contribution in [-0.2, 0) is 14.3 Å². The third kappa shape index (κ3) is 6.76. The number of methoxy groups -OCH3 is 1. The van der Waals surface area contributed by atoms with Gasteiger partial charge in [0.1, 0.15) is 6.42 Å². The molecule has 0 saturated heterocycles. The topological polar surface area (TPSA) is 70.7 Å². The molecule has 1 aromatic rings. The molecular weight excluding hydrogens is 270 g/mol. The molecule has 0 unspecified atom stereocenters. The van der Waals surface area contributed by atoms with E-state index in [9.17, 15) is 9.59 Å². The lowest BCUT2D eigenvalue weighted by Gasteiger charge is -2.13. The van der Waals surface area contributed by atoms with Crippen molar-refractivity contribution in [2.75, 3.05) is 44.6 Å². The van der Waals surface area contributed by atoms with E-state index in [0.29, 0.717) is 18.8 Å². The van der Waals surface area contributed by atoms with E-state index >= 15 is 0 Å². The summed E-state index contributed by atoms with van der Waals surface area (Å²) >= 11 is 0. The van der Waals surface area contributed by atoms with Gasteiger partial charge in [-0.2, -0.15) is 0 Å². The Balaban J connectivity index is 2.34. The second-order valence-corrected chi connectivity index (χ2v) is 4.86. The predicted molar refractivity (Wildman–Crippen MR) is 83.5 cm³/mol. The first-order chi connectivity index (χ1) is 10.0. The summed E-state index contributed by atoms with van der Waals surface area (Å²) in [6, 6.07) is 7.42. The molecule has 0 saturated carbocycles. The first kappa shape index (κ1) is 17.0. The molecule has 2 N–H and O–H groups in total. The molecule has 0 heterocycles. The van der Waals surface area contributed by atoms with Gasteiger partial charge in [0.05, 0.1) is 0 Å². The van der Waals surface area contributed by atoms with Gasteiger partial charge in [0.25, 0.3) is 0 Å². The van der Waals surface area contributed by atoms with Crippen molar-refractivity contribution in [2.24, 2.45) is 0 Å². The van der Waals surface area contributed by atoms with Crippen molar-refractivity contribution in [2.45, 2.75) is 12.8 Å². The number of nitrogens with one attached hydrogen (secondary N) is 2. The zero-order valence-corrected chi connectivity index (χ0v) is 12.8. The van der Waals surface area contributed by atoms with Crippen molar-refractivity contribution >= 4 is 23.2 Å². The summed E-state index contributed by atoms with van der Waals surface area (Å²) in [6.45, 7) is 1.10. The predicted octanol–water partition coefficient (Wildman–Crippen LogP) is 1.23. The molecular formula is C15H23N3O3. The molecule has 0 aliphatic heterocycles. The zero-order chi connectivity index (χ0) is 15.7. The molecule has 0 radical (unpaired) electrons. The SMILES string of the molecule is COCCCNC(=O)CC(=O)Nc1ccc(N(C)C)cc1. The average Bonchev–Trinajstić information content (AvgIpc) is 2.44. The molecule has 0 spiro atoms. The van der Waals surface area contributed by atoms with E-state index in [-0.39, 0.29) is 18.2 Å². The monoisotopic (exact) mass is 293 g/mol. The van der Waals surface area contributed by atoms with Gasteiger partial charge in [0, 0.05) is 45.7 Å². The molecule has 21 heavy (non-hydrogen) atoms. The Morgan fingerprint density at radius 1 is 1.14 bits per heavy atom. The summed E-state index contributed by atoms with van der Waals surface area (Å²) in [4.78, 5) is 25.2. The number of ether oxygens (including phenoxy) is 1. The van der Waals surface area contributed by atoms with Crippen molar-refractivity contribution in [1.29, 1.82) is 0 Å². The fourth-order valence-corrected chi connectivity index (χ4v) is 1.70. The molecule has 0 fully saturated rings. The molecule has 0 aliphatic rings. The fourth-order valence-electron chi connectivity index (χ4n) is 1.70. The number of hydrogen-bond donors (Lipinski definition) is 2. The largest absolute Gasteiger partial charge is 0.385 e. The van der Waals surface area contributed by atoms with Gasteiger partial charge in [-0.25, -0.2) is 0 Å². The number of amides is 2. The van der Waals surface area contributed by atoms with E-state index in [1.807, 2.05) is 43.3 Å². The minimum Gasteiger partial charge on any atom is -0.385 e. The smallest absolute Gasteiger partial charge is 0.233 e. The second-order valence-electron chi connectivity index (χ2n) is 4.86. The maximum absolute atomic E-state index is 11.7. The Labute approximate surface area is 125 Å². The molecule has 0 atom stereocenters. The fraction of sp³-hybridized carbons (Fsp3) is 0.467. The second kappa shape index (κ2) is 8.97. The Morgan fingerprint density at radius 3 is 2.38 bits per heavy atom. The lowest BCUT2D eigenvalue weighted by Crippen LogP contribution is -2.29. The van der Waals surface area contributed by atoms with Gasteiger partial charge >= 0.3 is 0 Å². The Kier molecular flexibility index (Phi) is 7.25. The number of benzene rings is 1. The molecule has 0 bridgehead atoms. The molecule has 0 aliphatic carbocycles. The number of rotatable bonds is 8. The minimum absolute atomic E-state index is 0.178. The van der Waals surface area contributed by atoms with Crippen LogP contribution in [-0.4, -0.2) is 46.2 Å². The van der Waals surface area contributed by atoms with Gasteiger partial charge in [-0.1, -0.05) is 0 Å². The Bertz CT molecular complexity index is 458. The number of anilines is 2. The number of nitrogens with zero attached hydrogens (tertiary/aromatic N) is 1. The first-order valence-electron chi connectivity index (χ1n) is 6.86. The molecule has 116 valence electrons. The highest BCUT2D eigenvalue weighted by Crippen LogP contribution is 2.15. The van der Waals surface area contributed by atoms with E-state index < -0.39 is 0 Å². The van der Waals surface area contributed by atoms with Crippen molar-refractivity contribution in [1.82, 2.24) is 5.32 Å². The molecule has 0 aromatic heterocycles. The zero-order valence-electron chi connectivity index (χ0n) is 12.8. The quantitative estimate of drug-likeness (QED) is 0.559. The molecule has 2 amide bonds. The lowest BCUT2D eigenvalue weighted by molar-refractivity contribution is -0.126. The average molecular weight is 293 g/mol. The third-order valence-electron chi connectivity index (χ3n) is 2.84. The summed E-state index contributed by atoms with van der Waals surface area (Å²) in [5, 5.41) is 5.37. The van der Waals surface area contributed by atoms with Gasteiger partial charge in [0.15, 0.2) is 0 Å². The number of carbonyl (C=O) groups excluding carboxylic acids is 2. The van der Waals surface area contributed by atoms with Gasteiger partial charge in [-0.3, -0.25) is 9.59 Å². The third-order valence-corrected chi connectivity index (χ3v) is 2.84. The maximum Gasteiger partial charge on any atom is 0.233 e.